The molecular formula is C14H20Cl2N2S. The summed E-state index contributed by atoms with van der Waals surface area (Å²) in [5, 5.41) is 3.77. The third-order valence-corrected chi connectivity index (χ3v) is 5.99. The summed E-state index contributed by atoms with van der Waals surface area (Å²) < 4.78 is 1.60. The lowest BCUT2D eigenvalue weighted by molar-refractivity contribution is 0.177. The molecule has 0 amide bonds. The van der Waals surface area contributed by atoms with Crippen LogP contribution in [0.4, 0.5) is 0 Å². The van der Waals surface area contributed by atoms with E-state index in [0.717, 1.165) is 20.3 Å². The van der Waals surface area contributed by atoms with E-state index in [1.54, 1.807) is 0 Å². The minimum atomic E-state index is 0.281. The largest absolute Gasteiger partial charge is 0.306 e. The molecule has 19 heavy (non-hydrogen) atoms. The van der Waals surface area contributed by atoms with Crippen LogP contribution in [0.1, 0.15) is 44.2 Å². The van der Waals surface area contributed by atoms with Crippen LogP contribution < -0.4 is 5.32 Å². The first-order chi connectivity index (χ1) is 9.15. The number of hydrogen-bond donors (Lipinski definition) is 1. The van der Waals surface area contributed by atoms with Crippen LogP contribution in [0.15, 0.2) is 6.07 Å². The van der Waals surface area contributed by atoms with Gasteiger partial charge in [-0.3, -0.25) is 4.90 Å². The zero-order valence-corrected chi connectivity index (χ0v) is 13.5. The number of fused-ring (bicyclic) bond motifs is 1. The molecule has 2 aliphatic rings. The first-order valence-corrected chi connectivity index (χ1v) is 8.67. The van der Waals surface area contributed by atoms with Crippen molar-refractivity contribution in [2.24, 2.45) is 0 Å². The summed E-state index contributed by atoms with van der Waals surface area (Å²) in [7, 11) is 0. The van der Waals surface area contributed by atoms with Crippen LogP contribution in [-0.2, 0) is 0 Å². The molecule has 0 aliphatic carbocycles. The number of thiophene rings is 1. The van der Waals surface area contributed by atoms with Crippen LogP contribution >= 0.6 is 34.5 Å². The molecular weight excluding hydrogens is 299 g/mol. The Bertz CT molecular complexity index is 449. The Hall–Kier alpha value is 0.200. The van der Waals surface area contributed by atoms with Crippen LogP contribution in [0.25, 0.3) is 0 Å². The molecule has 5 heteroatoms. The first-order valence-electron chi connectivity index (χ1n) is 7.10. The average Bonchev–Trinajstić information content (AvgIpc) is 2.94. The zero-order valence-electron chi connectivity index (χ0n) is 11.2. The maximum Gasteiger partial charge on any atom is 0.0991 e. The Labute approximate surface area is 129 Å². The Morgan fingerprint density at radius 1 is 1.32 bits per heavy atom. The van der Waals surface area contributed by atoms with Crippen molar-refractivity contribution in [1.82, 2.24) is 10.2 Å². The number of nitrogens with zero attached hydrogens (tertiary/aromatic N) is 1. The topological polar surface area (TPSA) is 15.3 Å². The highest BCUT2D eigenvalue weighted by Crippen LogP contribution is 2.36. The molecule has 0 spiro atoms. The first kappa shape index (κ1) is 14.2. The SMILES string of the molecule is CC(NC1CCN2CCCCC12)c1cc(Cl)sc1Cl. The summed E-state index contributed by atoms with van der Waals surface area (Å²) in [5.41, 5.74) is 1.14. The molecule has 3 heterocycles. The second-order valence-corrected chi connectivity index (χ2v) is 7.95. The fourth-order valence-corrected chi connectivity index (χ4v) is 5.15. The molecule has 0 radical (unpaired) electrons. The molecule has 0 saturated carbocycles. The van der Waals surface area contributed by atoms with Crippen LogP contribution in [0.2, 0.25) is 8.67 Å². The van der Waals surface area contributed by atoms with Crippen LogP contribution in [-0.4, -0.2) is 30.1 Å². The van der Waals surface area contributed by atoms with Gasteiger partial charge in [-0.2, -0.15) is 0 Å². The summed E-state index contributed by atoms with van der Waals surface area (Å²) in [4.78, 5) is 2.65. The summed E-state index contributed by atoms with van der Waals surface area (Å²) in [6.45, 7) is 4.71. The van der Waals surface area contributed by atoms with E-state index < -0.39 is 0 Å². The van der Waals surface area contributed by atoms with E-state index in [1.165, 1.54) is 50.1 Å². The lowest BCUT2D eigenvalue weighted by atomic mass is 9.98. The molecule has 2 fully saturated rings. The monoisotopic (exact) mass is 318 g/mol. The van der Waals surface area contributed by atoms with Crippen molar-refractivity contribution in [1.29, 1.82) is 0 Å². The number of nitrogens with one attached hydrogen (secondary N) is 1. The van der Waals surface area contributed by atoms with Crippen molar-refractivity contribution in [2.45, 2.75) is 50.7 Å². The maximum atomic E-state index is 6.25. The average molecular weight is 319 g/mol. The summed E-state index contributed by atoms with van der Waals surface area (Å²) in [6.07, 6.45) is 5.33. The lowest BCUT2D eigenvalue weighted by Crippen LogP contribution is -2.45. The minimum absolute atomic E-state index is 0.281. The van der Waals surface area contributed by atoms with Gasteiger partial charge in [0, 0.05) is 24.7 Å². The number of halogens is 2. The number of hydrogen-bond acceptors (Lipinski definition) is 3. The number of piperidine rings is 1. The molecule has 1 N–H and O–H groups in total. The molecule has 106 valence electrons. The van der Waals surface area contributed by atoms with Gasteiger partial charge in [0.15, 0.2) is 0 Å². The van der Waals surface area contributed by atoms with Crippen molar-refractivity contribution >= 4 is 34.5 Å². The van der Waals surface area contributed by atoms with Gasteiger partial charge >= 0.3 is 0 Å². The quantitative estimate of drug-likeness (QED) is 0.892. The van der Waals surface area contributed by atoms with Gasteiger partial charge < -0.3 is 5.32 Å². The third kappa shape index (κ3) is 2.96. The smallest absolute Gasteiger partial charge is 0.0991 e. The molecule has 1 aromatic heterocycles. The van der Waals surface area contributed by atoms with Gasteiger partial charge in [-0.15, -0.1) is 11.3 Å². The molecule has 3 atom stereocenters. The standard InChI is InChI=1S/C14H20Cl2N2S/c1-9(10-8-13(15)19-14(10)16)17-11-5-7-18-6-3-2-4-12(11)18/h8-9,11-12,17H,2-7H2,1H3. The highest BCUT2D eigenvalue weighted by Gasteiger charge is 2.36. The maximum absolute atomic E-state index is 6.25. The van der Waals surface area contributed by atoms with E-state index in [-0.39, 0.29) is 6.04 Å². The van der Waals surface area contributed by atoms with E-state index in [1.807, 2.05) is 6.07 Å². The van der Waals surface area contributed by atoms with Crippen molar-refractivity contribution in [2.75, 3.05) is 13.1 Å². The normalized spacial score (nSPS) is 29.4. The number of rotatable bonds is 3. The van der Waals surface area contributed by atoms with Gasteiger partial charge in [-0.25, -0.2) is 0 Å². The van der Waals surface area contributed by atoms with Crippen LogP contribution in [0, 0.1) is 0 Å². The van der Waals surface area contributed by atoms with Gasteiger partial charge in [0.25, 0.3) is 0 Å². The van der Waals surface area contributed by atoms with Gasteiger partial charge in [-0.05, 0) is 44.4 Å². The summed E-state index contributed by atoms with van der Waals surface area (Å²) in [5.74, 6) is 0. The summed E-state index contributed by atoms with van der Waals surface area (Å²) in [6, 6.07) is 3.61. The summed E-state index contributed by atoms with van der Waals surface area (Å²) >= 11 is 13.7. The second-order valence-electron chi connectivity index (χ2n) is 5.66. The third-order valence-electron chi connectivity index (χ3n) is 4.47. The fraction of sp³-hybridized carbons (Fsp3) is 0.714. The van der Waals surface area contributed by atoms with Crippen molar-refractivity contribution in [3.63, 3.8) is 0 Å². The van der Waals surface area contributed by atoms with Gasteiger partial charge in [0.1, 0.15) is 0 Å². The fourth-order valence-electron chi connectivity index (χ4n) is 3.50. The predicted octanol–water partition coefficient (Wildman–Crippen LogP) is 4.33. The Balaban J connectivity index is 1.66. The van der Waals surface area contributed by atoms with E-state index >= 15 is 0 Å². The van der Waals surface area contributed by atoms with E-state index in [0.29, 0.717) is 6.04 Å². The second kappa shape index (κ2) is 5.90. The highest BCUT2D eigenvalue weighted by molar-refractivity contribution is 7.20. The van der Waals surface area contributed by atoms with Gasteiger partial charge in [0.2, 0.25) is 0 Å². The van der Waals surface area contributed by atoms with Crippen molar-refractivity contribution in [3.8, 4) is 0 Å². The molecule has 0 aromatic carbocycles. The van der Waals surface area contributed by atoms with E-state index in [4.69, 9.17) is 23.2 Å². The Morgan fingerprint density at radius 3 is 2.89 bits per heavy atom. The predicted molar refractivity (Wildman–Crippen MR) is 83.5 cm³/mol. The van der Waals surface area contributed by atoms with Gasteiger partial charge in [-0.1, -0.05) is 29.6 Å². The highest BCUT2D eigenvalue weighted by atomic mass is 35.5. The van der Waals surface area contributed by atoms with Gasteiger partial charge in [0.05, 0.1) is 8.67 Å². The Kier molecular flexibility index (Phi) is 4.40. The van der Waals surface area contributed by atoms with Crippen LogP contribution in [0.3, 0.4) is 0 Å². The molecule has 2 saturated heterocycles. The lowest BCUT2D eigenvalue weighted by Gasteiger charge is -2.33. The van der Waals surface area contributed by atoms with Crippen molar-refractivity contribution in [3.05, 3.63) is 20.3 Å². The van der Waals surface area contributed by atoms with E-state index in [9.17, 15) is 0 Å². The molecule has 3 rings (SSSR count). The molecule has 2 nitrogen and oxygen atoms in total. The van der Waals surface area contributed by atoms with Crippen molar-refractivity contribution < 1.29 is 0 Å². The Morgan fingerprint density at radius 2 is 2.16 bits per heavy atom. The molecule has 0 bridgehead atoms. The molecule has 3 unspecified atom stereocenters. The molecule has 1 aromatic rings. The minimum Gasteiger partial charge on any atom is -0.306 e. The zero-order chi connectivity index (χ0) is 13.4. The van der Waals surface area contributed by atoms with Crippen LogP contribution in [0.5, 0.6) is 0 Å². The van der Waals surface area contributed by atoms with E-state index in [2.05, 4.69) is 17.1 Å². The molecule has 2 aliphatic heterocycles.